The number of amides is 1. The minimum atomic E-state index is -0.0684. The lowest BCUT2D eigenvalue weighted by Gasteiger charge is -2.31. The summed E-state index contributed by atoms with van der Waals surface area (Å²) in [6.45, 7) is 8.15. The van der Waals surface area contributed by atoms with Gasteiger partial charge >= 0.3 is 0 Å². The molecule has 70 valence electrons. The van der Waals surface area contributed by atoms with Gasteiger partial charge in [0.1, 0.15) is 6.04 Å². The van der Waals surface area contributed by atoms with Crippen molar-refractivity contribution >= 4 is 5.91 Å². The first-order valence-electron chi connectivity index (χ1n) is 4.38. The number of carbonyl (C=O) groups is 1. The van der Waals surface area contributed by atoms with Gasteiger partial charge in [0.25, 0.3) is 0 Å². The Morgan fingerprint density at radius 3 is 2.08 bits per heavy atom. The van der Waals surface area contributed by atoms with Gasteiger partial charge in [0.15, 0.2) is 0 Å². The van der Waals surface area contributed by atoms with Crippen molar-refractivity contribution in [3.63, 3.8) is 0 Å². The molecule has 0 aromatic rings. The van der Waals surface area contributed by atoms with Crippen LogP contribution >= 0.6 is 0 Å². The number of hydrogen-bond acceptors (Lipinski definition) is 2. The van der Waals surface area contributed by atoms with E-state index in [1.54, 1.807) is 4.90 Å². The molecule has 2 unspecified atom stereocenters. The molecule has 1 amide bonds. The number of nitrogens with one attached hydrogen (secondary N) is 1. The molecule has 1 saturated heterocycles. The van der Waals surface area contributed by atoms with Gasteiger partial charge in [-0.05, 0) is 27.7 Å². The van der Waals surface area contributed by atoms with E-state index >= 15 is 0 Å². The highest BCUT2D eigenvalue weighted by Gasteiger charge is 2.41. The van der Waals surface area contributed by atoms with Gasteiger partial charge in [-0.2, -0.15) is 0 Å². The van der Waals surface area contributed by atoms with Crippen LogP contribution in [-0.4, -0.2) is 35.5 Å². The first-order chi connectivity index (χ1) is 5.34. The molecule has 3 heteroatoms. The van der Waals surface area contributed by atoms with Crippen LogP contribution in [0.2, 0.25) is 0 Å². The van der Waals surface area contributed by atoms with Gasteiger partial charge < -0.3 is 4.90 Å². The molecule has 0 aromatic heterocycles. The molecule has 1 N–H and O–H groups in total. The SMILES string of the molecule is CC1NC1C(=O)N(C)C(C)(C)C. The molecule has 0 bridgehead atoms. The quantitative estimate of drug-likeness (QED) is 0.586. The van der Waals surface area contributed by atoms with E-state index < -0.39 is 0 Å². The zero-order valence-electron chi connectivity index (χ0n) is 8.51. The van der Waals surface area contributed by atoms with E-state index in [-0.39, 0.29) is 17.5 Å². The second-order valence-corrected chi connectivity index (χ2v) is 4.50. The molecule has 1 aliphatic rings. The van der Waals surface area contributed by atoms with Crippen molar-refractivity contribution in [2.75, 3.05) is 7.05 Å². The number of rotatable bonds is 1. The molecule has 1 fully saturated rings. The third-order valence-electron chi connectivity index (χ3n) is 2.44. The van der Waals surface area contributed by atoms with Crippen molar-refractivity contribution in [3.05, 3.63) is 0 Å². The normalized spacial score (nSPS) is 28.4. The Balaban J connectivity index is 2.53. The van der Waals surface area contributed by atoms with Crippen LogP contribution in [0.5, 0.6) is 0 Å². The van der Waals surface area contributed by atoms with Gasteiger partial charge in [0.2, 0.25) is 5.91 Å². The van der Waals surface area contributed by atoms with E-state index in [0.29, 0.717) is 6.04 Å². The van der Waals surface area contributed by atoms with Crippen molar-refractivity contribution in [1.82, 2.24) is 10.2 Å². The Morgan fingerprint density at radius 2 is 1.83 bits per heavy atom. The largest absolute Gasteiger partial charge is 0.340 e. The summed E-state index contributed by atoms with van der Waals surface area (Å²) in [5.74, 6) is 0.204. The molecule has 1 rings (SSSR count). The minimum Gasteiger partial charge on any atom is -0.340 e. The van der Waals surface area contributed by atoms with Crippen LogP contribution in [0.4, 0.5) is 0 Å². The highest BCUT2D eigenvalue weighted by atomic mass is 16.2. The van der Waals surface area contributed by atoms with Gasteiger partial charge in [-0.3, -0.25) is 10.1 Å². The minimum absolute atomic E-state index is 0.0641. The van der Waals surface area contributed by atoms with Crippen LogP contribution in [0.15, 0.2) is 0 Å². The highest BCUT2D eigenvalue weighted by molar-refractivity contribution is 5.85. The zero-order chi connectivity index (χ0) is 9.52. The Hall–Kier alpha value is -0.570. The smallest absolute Gasteiger partial charge is 0.241 e. The van der Waals surface area contributed by atoms with E-state index in [1.807, 2.05) is 34.7 Å². The number of likely N-dealkylation sites (N-methyl/N-ethyl adjacent to an activating group) is 1. The summed E-state index contributed by atoms with van der Waals surface area (Å²) in [6.07, 6.45) is 0. The molecule has 0 spiro atoms. The predicted molar refractivity (Wildman–Crippen MR) is 48.9 cm³/mol. The first-order valence-corrected chi connectivity index (χ1v) is 4.38. The average Bonchev–Trinajstić information content (AvgIpc) is 2.62. The van der Waals surface area contributed by atoms with Crippen LogP contribution in [-0.2, 0) is 4.79 Å². The van der Waals surface area contributed by atoms with Crippen LogP contribution in [0.1, 0.15) is 27.7 Å². The average molecular weight is 170 g/mol. The zero-order valence-corrected chi connectivity index (χ0v) is 8.51. The Bertz CT molecular complexity index is 195. The Morgan fingerprint density at radius 1 is 1.42 bits per heavy atom. The maximum atomic E-state index is 11.6. The monoisotopic (exact) mass is 170 g/mol. The summed E-state index contributed by atoms with van der Waals surface area (Å²) in [5.41, 5.74) is -0.0684. The van der Waals surface area contributed by atoms with Gasteiger partial charge in [-0.1, -0.05) is 0 Å². The standard InChI is InChI=1S/C9H18N2O/c1-6-7(10-6)8(12)11(5)9(2,3)4/h6-7,10H,1-5H3. The van der Waals surface area contributed by atoms with E-state index in [2.05, 4.69) is 5.32 Å². The van der Waals surface area contributed by atoms with Crippen LogP contribution < -0.4 is 5.32 Å². The molecule has 1 heterocycles. The molecule has 1 aliphatic heterocycles. The molecule has 0 aliphatic carbocycles. The van der Waals surface area contributed by atoms with Gasteiger partial charge in [-0.25, -0.2) is 0 Å². The molecule has 2 atom stereocenters. The number of nitrogens with zero attached hydrogens (tertiary/aromatic N) is 1. The lowest BCUT2D eigenvalue weighted by molar-refractivity contribution is -0.133. The molecular weight excluding hydrogens is 152 g/mol. The van der Waals surface area contributed by atoms with Crippen LogP contribution in [0.25, 0.3) is 0 Å². The number of hydrogen-bond donors (Lipinski definition) is 1. The third-order valence-corrected chi connectivity index (χ3v) is 2.44. The fourth-order valence-electron chi connectivity index (χ4n) is 1.05. The van der Waals surface area contributed by atoms with Gasteiger partial charge in [-0.15, -0.1) is 0 Å². The maximum absolute atomic E-state index is 11.6. The maximum Gasteiger partial charge on any atom is 0.241 e. The third kappa shape index (κ3) is 1.78. The lowest BCUT2D eigenvalue weighted by Crippen LogP contribution is -2.45. The molecule has 0 saturated carbocycles. The molecule has 0 radical (unpaired) electrons. The Kier molecular flexibility index (Phi) is 2.17. The summed E-state index contributed by atoms with van der Waals surface area (Å²) in [4.78, 5) is 13.4. The Labute approximate surface area is 74.1 Å². The lowest BCUT2D eigenvalue weighted by atomic mass is 10.1. The van der Waals surface area contributed by atoms with Crippen molar-refractivity contribution < 1.29 is 4.79 Å². The van der Waals surface area contributed by atoms with Crippen molar-refractivity contribution in [2.24, 2.45) is 0 Å². The second kappa shape index (κ2) is 2.73. The van der Waals surface area contributed by atoms with E-state index in [9.17, 15) is 4.79 Å². The van der Waals surface area contributed by atoms with E-state index in [0.717, 1.165) is 0 Å². The summed E-state index contributed by atoms with van der Waals surface area (Å²) in [5, 5.41) is 3.09. The second-order valence-electron chi connectivity index (χ2n) is 4.50. The highest BCUT2D eigenvalue weighted by Crippen LogP contribution is 2.18. The molecule has 3 nitrogen and oxygen atoms in total. The first kappa shape index (κ1) is 9.52. The topological polar surface area (TPSA) is 42.3 Å². The van der Waals surface area contributed by atoms with Crippen molar-refractivity contribution in [2.45, 2.75) is 45.3 Å². The van der Waals surface area contributed by atoms with Gasteiger partial charge in [0.05, 0.1) is 0 Å². The van der Waals surface area contributed by atoms with Crippen LogP contribution in [0, 0.1) is 0 Å². The van der Waals surface area contributed by atoms with Crippen LogP contribution in [0.3, 0.4) is 0 Å². The summed E-state index contributed by atoms with van der Waals surface area (Å²) >= 11 is 0. The molecular formula is C9H18N2O. The fourth-order valence-corrected chi connectivity index (χ4v) is 1.05. The summed E-state index contributed by atoms with van der Waals surface area (Å²) in [7, 11) is 1.86. The van der Waals surface area contributed by atoms with E-state index in [4.69, 9.17) is 0 Å². The van der Waals surface area contributed by atoms with E-state index in [1.165, 1.54) is 0 Å². The summed E-state index contributed by atoms with van der Waals surface area (Å²) in [6, 6.07) is 0.427. The molecule has 0 aromatic carbocycles. The van der Waals surface area contributed by atoms with Gasteiger partial charge in [0, 0.05) is 18.6 Å². The summed E-state index contributed by atoms with van der Waals surface area (Å²) < 4.78 is 0. The fraction of sp³-hybridized carbons (Fsp3) is 0.889. The van der Waals surface area contributed by atoms with Crippen molar-refractivity contribution in [1.29, 1.82) is 0 Å². The molecule has 12 heavy (non-hydrogen) atoms. The predicted octanol–water partition coefficient (Wildman–Crippen LogP) is 0.604. The van der Waals surface area contributed by atoms with Crippen molar-refractivity contribution in [3.8, 4) is 0 Å². The number of carbonyl (C=O) groups excluding carboxylic acids is 1.